The van der Waals surface area contributed by atoms with Gasteiger partial charge in [0.1, 0.15) is 0 Å². The van der Waals surface area contributed by atoms with E-state index in [2.05, 4.69) is 82.3 Å². The average molecular weight is 238 g/mol. The molecule has 0 aliphatic heterocycles. The highest BCUT2D eigenvalue weighted by molar-refractivity contribution is 5.45. The molecule has 0 N–H and O–H groups in total. The van der Waals surface area contributed by atoms with E-state index in [4.69, 9.17) is 0 Å². The van der Waals surface area contributed by atoms with Crippen LogP contribution in [0.25, 0.3) is 0 Å². The minimum atomic E-state index is 0.0922. The second-order valence-electron chi connectivity index (χ2n) is 5.35. The predicted molar refractivity (Wildman–Crippen MR) is 79.7 cm³/mol. The van der Waals surface area contributed by atoms with Crippen molar-refractivity contribution in [1.82, 2.24) is 0 Å². The molecule has 18 heavy (non-hydrogen) atoms. The fourth-order valence-corrected chi connectivity index (χ4v) is 2.89. The van der Waals surface area contributed by atoms with Gasteiger partial charge in [0.05, 0.1) is 0 Å². The lowest BCUT2D eigenvalue weighted by Crippen LogP contribution is -2.31. The van der Waals surface area contributed by atoms with Gasteiger partial charge in [-0.25, -0.2) is 0 Å². The summed E-state index contributed by atoms with van der Waals surface area (Å²) in [5.41, 5.74) is 4.31. The van der Waals surface area contributed by atoms with Gasteiger partial charge in [0.2, 0.25) is 0 Å². The van der Waals surface area contributed by atoms with Gasteiger partial charge in [-0.15, -0.1) is 0 Å². The molecule has 1 aliphatic carbocycles. The third-order valence-electron chi connectivity index (χ3n) is 4.22. The van der Waals surface area contributed by atoms with Gasteiger partial charge >= 0.3 is 0 Å². The Morgan fingerprint density at radius 3 is 2.61 bits per heavy atom. The monoisotopic (exact) mass is 238 g/mol. The zero-order valence-electron chi connectivity index (χ0n) is 11.8. The molecule has 1 aromatic carbocycles. The highest BCUT2D eigenvalue weighted by Gasteiger charge is 2.34. The summed E-state index contributed by atoms with van der Waals surface area (Å²) in [7, 11) is 0. The molecule has 0 fully saturated rings. The molecule has 0 heteroatoms. The zero-order valence-corrected chi connectivity index (χ0v) is 11.8. The van der Waals surface area contributed by atoms with Crippen LogP contribution in [0.1, 0.15) is 31.9 Å². The Bertz CT molecular complexity index is 517. The van der Waals surface area contributed by atoms with Crippen molar-refractivity contribution in [2.45, 2.75) is 33.1 Å². The van der Waals surface area contributed by atoms with Crippen molar-refractivity contribution in [3.05, 3.63) is 71.3 Å². The van der Waals surface area contributed by atoms with E-state index in [0.717, 1.165) is 0 Å². The Balaban J connectivity index is 2.48. The molecule has 0 saturated heterocycles. The summed E-state index contributed by atoms with van der Waals surface area (Å²) < 4.78 is 0. The van der Waals surface area contributed by atoms with E-state index in [1.54, 1.807) is 0 Å². The predicted octanol–water partition coefficient (Wildman–Crippen LogP) is 4.96. The minimum absolute atomic E-state index is 0.0922. The van der Waals surface area contributed by atoms with Crippen LogP contribution in [0.5, 0.6) is 0 Å². The van der Waals surface area contributed by atoms with Gasteiger partial charge in [-0.1, -0.05) is 68.5 Å². The van der Waals surface area contributed by atoms with Crippen molar-refractivity contribution in [3.8, 4) is 0 Å². The van der Waals surface area contributed by atoms with Gasteiger partial charge in [0.15, 0.2) is 0 Å². The lowest BCUT2D eigenvalue weighted by atomic mass is 9.66. The molecule has 1 aromatic rings. The summed E-state index contributed by atoms with van der Waals surface area (Å²) in [6.45, 7) is 8.94. The molecule has 0 spiro atoms. The summed E-state index contributed by atoms with van der Waals surface area (Å²) in [5, 5.41) is 0. The van der Waals surface area contributed by atoms with Crippen LogP contribution in [-0.4, -0.2) is 0 Å². The van der Waals surface area contributed by atoms with Gasteiger partial charge in [-0.2, -0.15) is 0 Å². The van der Waals surface area contributed by atoms with E-state index in [0.29, 0.717) is 5.92 Å². The quantitative estimate of drug-likeness (QED) is 0.683. The maximum Gasteiger partial charge on any atom is 0.0175 e. The number of allylic oxidation sites excluding steroid dienone is 6. The fraction of sp³-hybridized carbons (Fsp3) is 0.333. The molecule has 0 radical (unpaired) electrons. The summed E-state index contributed by atoms with van der Waals surface area (Å²) in [5.74, 6) is 0.500. The number of aryl methyl sites for hydroxylation is 1. The van der Waals surface area contributed by atoms with Gasteiger partial charge < -0.3 is 0 Å². The van der Waals surface area contributed by atoms with E-state index in [1.165, 1.54) is 16.7 Å². The SMILES string of the molecule is CC=CC1=CC=CC(C)(c2ccccc2C)C1C. The molecule has 0 aromatic heterocycles. The molecule has 0 bridgehead atoms. The first kappa shape index (κ1) is 12.9. The Morgan fingerprint density at radius 2 is 1.94 bits per heavy atom. The van der Waals surface area contributed by atoms with Crippen LogP contribution >= 0.6 is 0 Å². The van der Waals surface area contributed by atoms with E-state index in [9.17, 15) is 0 Å². The molecule has 1 aliphatic rings. The standard InChI is InChI=1S/C18H22/c1-5-9-16-11-8-13-18(4,15(16)3)17-12-7-6-10-14(17)2/h5-13,15H,1-4H3. The van der Waals surface area contributed by atoms with Crippen LogP contribution < -0.4 is 0 Å². The first-order valence-corrected chi connectivity index (χ1v) is 6.68. The van der Waals surface area contributed by atoms with Gasteiger partial charge in [-0.3, -0.25) is 0 Å². The molecule has 0 saturated carbocycles. The summed E-state index contributed by atoms with van der Waals surface area (Å²) in [6, 6.07) is 8.72. The molecular formula is C18H22. The first-order chi connectivity index (χ1) is 8.59. The molecule has 0 nitrogen and oxygen atoms in total. The molecule has 0 amide bonds. The lowest BCUT2D eigenvalue weighted by molar-refractivity contribution is 0.441. The molecule has 2 unspecified atom stereocenters. The van der Waals surface area contributed by atoms with Crippen molar-refractivity contribution >= 4 is 0 Å². The first-order valence-electron chi connectivity index (χ1n) is 6.68. The van der Waals surface area contributed by atoms with Crippen molar-refractivity contribution < 1.29 is 0 Å². The lowest BCUT2D eigenvalue weighted by Gasteiger charge is -2.37. The van der Waals surface area contributed by atoms with E-state index >= 15 is 0 Å². The Hall–Kier alpha value is -1.56. The van der Waals surface area contributed by atoms with Gasteiger partial charge in [0.25, 0.3) is 0 Å². The Labute approximate surface area is 111 Å². The van der Waals surface area contributed by atoms with E-state index in [-0.39, 0.29) is 5.41 Å². The van der Waals surface area contributed by atoms with Crippen molar-refractivity contribution in [1.29, 1.82) is 0 Å². The third-order valence-corrected chi connectivity index (χ3v) is 4.22. The number of hydrogen-bond donors (Lipinski definition) is 0. The second-order valence-corrected chi connectivity index (χ2v) is 5.35. The maximum atomic E-state index is 2.34. The largest absolute Gasteiger partial charge is 0.0874 e. The van der Waals surface area contributed by atoms with Crippen LogP contribution in [0, 0.1) is 12.8 Å². The number of hydrogen-bond acceptors (Lipinski definition) is 0. The summed E-state index contributed by atoms with van der Waals surface area (Å²) in [6.07, 6.45) is 11.1. The van der Waals surface area contributed by atoms with Crippen molar-refractivity contribution in [3.63, 3.8) is 0 Å². The molecular weight excluding hydrogens is 216 g/mol. The molecule has 0 heterocycles. The minimum Gasteiger partial charge on any atom is -0.0874 e. The average Bonchev–Trinajstić information content (AvgIpc) is 2.36. The topological polar surface area (TPSA) is 0 Å². The Morgan fingerprint density at radius 1 is 1.22 bits per heavy atom. The number of benzene rings is 1. The van der Waals surface area contributed by atoms with Crippen LogP contribution in [0.4, 0.5) is 0 Å². The van der Waals surface area contributed by atoms with Crippen molar-refractivity contribution in [2.24, 2.45) is 5.92 Å². The van der Waals surface area contributed by atoms with Crippen LogP contribution in [0.15, 0.2) is 60.2 Å². The third kappa shape index (κ3) is 2.08. The number of rotatable bonds is 2. The summed E-state index contributed by atoms with van der Waals surface area (Å²) >= 11 is 0. The van der Waals surface area contributed by atoms with Crippen molar-refractivity contribution in [2.75, 3.05) is 0 Å². The van der Waals surface area contributed by atoms with E-state index < -0.39 is 0 Å². The highest BCUT2D eigenvalue weighted by Crippen LogP contribution is 2.41. The zero-order chi connectivity index (χ0) is 13.2. The normalized spacial score (nSPS) is 27.6. The van der Waals surface area contributed by atoms with Gasteiger partial charge in [-0.05, 0) is 36.5 Å². The Kier molecular flexibility index (Phi) is 3.56. The van der Waals surface area contributed by atoms with Crippen LogP contribution in [-0.2, 0) is 5.41 Å². The molecule has 2 rings (SSSR count). The van der Waals surface area contributed by atoms with Crippen LogP contribution in [0.3, 0.4) is 0 Å². The van der Waals surface area contributed by atoms with Gasteiger partial charge in [0, 0.05) is 5.41 Å². The highest BCUT2D eigenvalue weighted by atomic mass is 14.4. The fourth-order valence-electron chi connectivity index (χ4n) is 2.89. The molecule has 2 atom stereocenters. The maximum absolute atomic E-state index is 2.34. The molecule has 94 valence electrons. The van der Waals surface area contributed by atoms with E-state index in [1.807, 2.05) is 0 Å². The second kappa shape index (κ2) is 4.97. The smallest absolute Gasteiger partial charge is 0.0175 e. The van der Waals surface area contributed by atoms with Crippen LogP contribution in [0.2, 0.25) is 0 Å². The summed E-state index contributed by atoms with van der Waals surface area (Å²) in [4.78, 5) is 0.